The molecule has 1 aromatic carbocycles. The highest BCUT2D eigenvalue weighted by atomic mass is 35.5. The molecule has 5 nitrogen and oxygen atoms in total. The maximum Gasteiger partial charge on any atom is 0.257 e. The molecule has 0 aliphatic carbocycles. The molecule has 124 valence electrons. The van der Waals surface area contributed by atoms with Crippen LogP contribution < -0.4 is 5.32 Å². The van der Waals surface area contributed by atoms with Crippen molar-refractivity contribution in [3.05, 3.63) is 47.3 Å². The van der Waals surface area contributed by atoms with Gasteiger partial charge >= 0.3 is 0 Å². The van der Waals surface area contributed by atoms with Crippen LogP contribution in [0.5, 0.6) is 0 Å². The third-order valence-electron chi connectivity index (χ3n) is 4.25. The number of hydrogen-bond donors (Lipinski definition) is 1. The Labute approximate surface area is 143 Å². The van der Waals surface area contributed by atoms with Crippen molar-refractivity contribution in [2.75, 3.05) is 19.6 Å². The molecular formula is C17H23ClN4O. The summed E-state index contributed by atoms with van der Waals surface area (Å²) in [6.45, 7) is 8.52. The Kier molecular flexibility index (Phi) is 5.44. The van der Waals surface area contributed by atoms with E-state index in [1.807, 2.05) is 28.6 Å². The summed E-state index contributed by atoms with van der Waals surface area (Å²) in [6, 6.07) is 8.35. The van der Waals surface area contributed by atoms with Gasteiger partial charge in [0.1, 0.15) is 0 Å². The summed E-state index contributed by atoms with van der Waals surface area (Å²) in [4.78, 5) is 14.7. The van der Waals surface area contributed by atoms with Gasteiger partial charge in [-0.2, -0.15) is 5.10 Å². The second kappa shape index (κ2) is 7.15. The highest BCUT2D eigenvalue weighted by Crippen LogP contribution is 2.18. The van der Waals surface area contributed by atoms with E-state index in [-0.39, 0.29) is 24.4 Å². The zero-order valence-corrected chi connectivity index (χ0v) is 14.6. The van der Waals surface area contributed by atoms with E-state index < -0.39 is 0 Å². The Morgan fingerprint density at radius 1 is 1.35 bits per heavy atom. The molecule has 1 amide bonds. The van der Waals surface area contributed by atoms with Crippen molar-refractivity contribution in [3.63, 3.8) is 0 Å². The average molecular weight is 335 g/mol. The average Bonchev–Trinajstić information content (AvgIpc) is 2.89. The molecule has 1 saturated heterocycles. The van der Waals surface area contributed by atoms with Gasteiger partial charge in [0.05, 0.1) is 23.1 Å². The SMILES string of the molecule is Cc1cccc(-n2ncc(C(=O)N3CCNC[C@H]3C)c2C)c1.Cl. The van der Waals surface area contributed by atoms with E-state index in [0.717, 1.165) is 31.0 Å². The van der Waals surface area contributed by atoms with E-state index in [0.29, 0.717) is 5.56 Å². The zero-order chi connectivity index (χ0) is 15.7. The maximum atomic E-state index is 12.8. The topological polar surface area (TPSA) is 50.2 Å². The zero-order valence-electron chi connectivity index (χ0n) is 13.7. The monoisotopic (exact) mass is 334 g/mol. The van der Waals surface area contributed by atoms with Gasteiger partial charge < -0.3 is 10.2 Å². The molecular weight excluding hydrogens is 312 g/mol. The smallest absolute Gasteiger partial charge is 0.257 e. The first kappa shape index (κ1) is 17.5. The van der Waals surface area contributed by atoms with Crippen LogP contribution in [0.2, 0.25) is 0 Å². The fraction of sp³-hybridized carbons (Fsp3) is 0.412. The van der Waals surface area contributed by atoms with Gasteiger partial charge in [-0.15, -0.1) is 12.4 Å². The van der Waals surface area contributed by atoms with Gasteiger partial charge in [0.15, 0.2) is 0 Å². The van der Waals surface area contributed by atoms with Crippen molar-refractivity contribution in [2.24, 2.45) is 0 Å². The van der Waals surface area contributed by atoms with Gasteiger partial charge in [0.2, 0.25) is 0 Å². The number of amides is 1. The lowest BCUT2D eigenvalue weighted by Crippen LogP contribution is -2.52. The van der Waals surface area contributed by atoms with Crippen LogP contribution in [0.3, 0.4) is 0 Å². The van der Waals surface area contributed by atoms with Crippen LogP contribution >= 0.6 is 12.4 Å². The second-order valence-electron chi connectivity index (χ2n) is 5.95. The number of carbonyl (C=O) groups excluding carboxylic acids is 1. The number of piperazine rings is 1. The van der Waals surface area contributed by atoms with Crippen molar-refractivity contribution >= 4 is 18.3 Å². The molecule has 1 aromatic heterocycles. The summed E-state index contributed by atoms with van der Waals surface area (Å²) in [5, 5.41) is 7.73. The molecule has 1 fully saturated rings. The Morgan fingerprint density at radius 2 is 2.13 bits per heavy atom. The number of nitrogens with zero attached hydrogens (tertiary/aromatic N) is 3. The highest BCUT2D eigenvalue weighted by Gasteiger charge is 2.26. The van der Waals surface area contributed by atoms with Crippen molar-refractivity contribution < 1.29 is 4.79 Å². The lowest BCUT2D eigenvalue weighted by Gasteiger charge is -2.33. The maximum absolute atomic E-state index is 12.8. The van der Waals surface area contributed by atoms with Gasteiger partial charge in [-0.1, -0.05) is 12.1 Å². The number of halogens is 1. The lowest BCUT2D eigenvalue weighted by atomic mass is 10.1. The summed E-state index contributed by atoms with van der Waals surface area (Å²) in [5.41, 5.74) is 3.75. The quantitative estimate of drug-likeness (QED) is 0.917. The number of benzene rings is 1. The van der Waals surface area contributed by atoms with Crippen LogP contribution in [0.1, 0.15) is 28.5 Å². The van der Waals surface area contributed by atoms with Crippen LogP contribution in [0, 0.1) is 13.8 Å². The van der Waals surface area contributed by atoms with E-state index in [4.69, 9.17) is 0 Å². The molecule has 1 atom stereocenters. The first-order valence-corrected chi connectivity index (χ1v) is 7.71. The summed E-state index contributed by atoms with van der Waals surface area (Å²) in [5.74, 6) is 0.0744. The Balaban J connectivity index is 0.00000192. The molecule has 0 saturated carbocycles. The first-order chi connectivity index (χ1) is 10.6. The van der Waals surface area contributed by atoms with Gasteiger partial charge in [0, 0.05) is 25.7 Å². The number of hydrogen-bond acceptors (Lipinski definition) is 3. The molecule has 2 aromatic rings. The predicted molar refractivity (Wildman–Crippen MR) is 93.7 cm³/mol. The molecule has 3 rings (SSSR count). The summed E-state index contributed by atoms with van der Waals surface area (Å²) < 4.78 is 1.84. The molecule has 1 N–H and O–H groups in total. The highest BCUT2D eigenvalue weighted by molar-refractivity contribution is 5.95. The fourth-order valence-electron chi connectivity index (χ4n) is 2.94. The van der Waals surface area contributed by atoms with E-state index in [9.17, 15) is 4.79 Å². The van der Waals surface area contributed by atoms with Gasteiger partial charge in [0.25, 0.3) is 5.91 Å². The van der Waals surface area contributed by atoms with E-state index in [1.54, 1.807) is 6.20 Å². The number of nitrogens with one attached hydrogen (secondary N) is 1. The normalized spacial score (nSPS) is 17.7. The van der Waals surface area contributed by atoms with Crippen LogP contribution in [0.4, 0.5) is 0 Å². The second-order valence-corrected chi connectivity index (χ2v) is 5.95. The molecule has 0 radical (unpaired) electrons. The van der Waals surface area contributed by atoms with Crippen molar-refractivity contribution in [1.29, 1.82) is 0 Å². The van der Waals surface area contributed by atoms with Crippen LogP contribution in [-0.2, 0) is 0 Å². The third-order valence-corrected chi connectivity index (χ3v) is 4.25. The Hall–Kier alpha value is -1.85. The summed E-state index contributed by atoms with van der Waals surface area (Å²) >= 11 is 0. The van der Waals surface area contributed by atoms with Crippen LogP contribution in [0.25, 0.3) is 5.69 Å². The molecule has 0 bridgehead atoms. The van der Waals surface area contributed by atoms with Crippen LogP contribution in [0.15, 0.2) is 30.5 Å². The standard InChI is InChI=1S/C17H22N4O.ClH/c1-12-5-4-6-15(9-12)21-14(3)16(11-19-21)17(22)20-8-7-18-10-13(20)2;/h4-6,9,11,13,18H,7-8,10H2,1-3H3;1H/t13-;/m1./s1. The predicted octanol–water partition coefficient (Wildman–Crippen LogP) is 2.34. The third kappa shape index (κ3) is 3.41. The Morgan fingerprint density at radius 3 is 2.83 bits per heavy atom. The van der Waals surface area contributed by atoms with E-state index >= 15 is 0 Å². The van der Waals surface area contributed by atoms with Gasteiger partial charge in [-0.05, 0) is 38.5 Å². The fourth-order valence-corrected chi connectivity index (χ4v) is 2.94. The Bertz CT molecular complexity index is 698. The molecule has 2 heterocycles. The molecule has 6 heteroatoms. The van der Waals surface area contributed by atoms with Gasteiger partial charge in [-0.3, -0.25) is 4.79 Å². The van der Waals surface area contributed by atoms with Crippen molar-refractivity contribution in [2.45, 2.75) is 26.8 Å². The molecule has 0 spiro atoms. The van der Waals surface area contributed by atoms with Crippen molar-refractivity contribution in [3.8, 4) is 5.69 Å². The number of aromatic nitrogens is 2. The summed E-state index contributed by atoms with van der Waals surface area (Å²) in [6.07, 6.45) is 1.69. The number of rotatable bonds is 2. The molecule has 1 aliphatic rings. The minimum Gasteiger partial charge on any atom is -0.333 e. The number of carbonyl (C=O) groups is 1. The summed E-state index contributed by atoms with van der Waals surface area (Å²) in [7, 11) is 0. The van der Waals surface area contributed by atoms with Crippen LogP contribution in [-0.4, -0.2) is 46.3 Å². The number of aryl methyl sites for hydroxylation is 1. The van der Waals surface area contributed by atoms with Gasteiger partial charge in [-0.25, -0.2) is 4.68 Å². The largest absolute Gasteiger partial charge is 0.333 e. The molecule has 1 aliphatic heterocycles. The van der Waals surface area contributed by atoms with Crippen molar-refractivity contribution in [1.82, 2.24) is 20.0 Å². The first-order valence-electron chi connectivity index (χ1n) is 7.71. The minimum atomic E-state index is 0. The molecule has 23 heavy (non-hydrogen) atoms. The van der Waals surface area contributed by atoms with E-state index in [1.165, 1.54) is 5.56 Å². The lowest BCUT2D eigenvalue weighted by molar-refractivity contribution is 0.0655. The minimum absolute atomic E-state index is 0. The van der Waals surface area contributed by atoms with E-state index in [2.05, 4.69) is 36.4 Å². The molecule has 0 unspecified atom stereocenters.